The predicted octanol–water partition coefficient (Wildman–Crippen LogP) is 3.85. The average Bonchev–Trinajstić information content (AvgIpc) is 2.60. The summed E-state index contributed by atoms with van der Waals surface area (Å²) < 4.78 is 5.37. The molecule has 0 spiro atoms. The van der Waals surface area contributed by atoms with E-state index in [4.69, 9.17) is 4.74 Å². The standard InChI is InChI=1S/C21H24N2O3/c1-14-5-11-20(26-4)19(13-14)15(2)22-21(25)12-8-17-6-9-18(10-7-17)23-16(3)24/h5-13,15H,1-4H3,(H,22,25)(H,23,24)/b12-8+. The smallest absolute Gasteiger partial charge is 0.244 e. The molecular formula is C21H24N2O3. The minimum atomic E-state index is -0.188. The molecule has 0 aliphatic carbocycles. The zero-order chi connectivity index (χ0) is 19.1. The van der Waals surface area contributed by atoms with Crippen LogP contribution in [0, 0.1) is 6.92 Å². The highest BCUT2D eigenvalue weighted by Crippen LogP contribution is 2.26. The molecule has 0 aromatic heterocycles. The van der Waals surface area contributed by atoms with Gasteiger partial charge in [-0.15, -0.1) is 0 Å². The number of benzene rings is 2. The molecule has 2 aromatic rings. The van der Waals surface area contributed by atoms with Crippen molar-refractivity contribution >= 4 is 23.6 Å². The molecule has 0 aliphatic rings. The molecule has 26 heavy (non-hydrogen) atoms. The molecule has 2 N–H and O–H groups in total. The van der Waals surface area contributed by atoms with Crippen molar-refractivity contribution in [3.8, 4) is 5.75 Å². The molecule has 0 aliphatic heterocycles. The summed E-state index contributed by atoms with van der Waals surface area (Å²) in [5.74, 6) is 0.446. The van der Waals surface area contributed by atoms with Crippen molar-refractivity contribution in [1.29, 1.82) is 0 Å². The fraction of sp³-hybridized carbons (Fsp3) is 0.238. The SMILES string of the molecule is COc1ccc(C)cc1C(C)NC(=O)/C=C/c1ccc(NC(C)=O)cc1. The Morgan fingerprint density at radius 2 is 1.81 bits per heavy atom. The molecule has 0 heterocycles. The Labute approximate surface area is 154 Å². The molecule has 5 nitrogen and oxygen atoms in total. The quantitative estimate of drug-likeness (QED) is 0.776. The van der Waals surface area contributed by atoms with Crippen LogP contribution in [-0.2, 0) is 9.59 Å². The Balaban J connectivity index is 2.00. The van der Waals surface area contributed by atoms with Crippen LogP contribution >= 0.6 is 0 Å². The number of nitrogens with one attached hydrogen (secondary N) is 2. The first-order valence-electron chi connectivity index (χ1n) is 8.40. The lowest BCUT2D eigenvalue weighted by molar-refractivity contribution is -0.117. The fourth-order valence-corrected chi connectivity index (χ4v) is 2.58. The summed E-state index contributed by atoms with van der Waals surface area (Å²) in [6, 6.07) is 13.0. The van der Waals surface area contributed by atoms with Gasteiger partial charge in [0.25, 0.3) is 0 Å². The van der Waals surface area contributed by atoms with Crippen molar-refractivity contribution in [2.24, 2.45) is 0 Å². The van der Waals surface area contributed by atoms with Gasteiger partial charge in [-0.05, 0) is 43.7 Å². The maximum atomic E-state index is 12.2. The second kappa shape index (κ2) is 8.85. The van der Waals surface area contributed by atoms with Crippen molar-refractivity contribution in [2.75, 3.05) is 12.4 Å². The van der Waals surface area contributed by atoms with Crippen LogP contribution in [-0.4, -0.2) is 18.9 Å². The lowest BCUT2D eigenvalue weighted by Crippen LogP contribution is -2.25. The highest BCUT2D eigenvalue weighted by atomic mass is 16.5. The first-order valence-corrected chi connectivity index (χ1v) is 8.40. The summed E-state index contributed by atoms with van der Waals surface area (Å²) in [4.78, 5) is 23.2. The van der Waals surface area contributed by atoms with E-state index in [2.05, 4.69) is 10.6 Å². The van der Waals surface area contributed by atoms with Gasteiger partial charge in [-0.1, -0.05) is 29.8 Å². The van der Waals surface area contributed by atoms with Gasteiger partial charge in [0.05, 0.1) is 13.2 Å². The van der Waals surface area contributed by atoms with Crippen molar-refractivity contribution in [1.82, 2.24) is 5.32 Å². The van der Waals surface area contributed by atoms with Crippen molar-refractivity contribution in [2.45, 2.75) is 26.8 Å². The molecule has 0 radical (unpaired) electrons. The number of carbonyl (C=O) groups is 2. The number of amides is 2. The molecule has 0 fully saturated rings. The minimum Gasteiger partial charge on any atom is -0.496 e. The molecule has 136 valence electrons. The van der Waals surface area contributed by atoms with Crippen LogP contribution in [0.1, 0.15) is 36.6 Å². The summed E-state index contributed by atoms with van der Waals surface area (Å²) >= 11 is 0. The monoisotopic (exact) mass is 352 g/mol. The van der Waals surface area contributed by atoms with Gasteiger partial charge in [0.1, 0.15) is 5.75 Å². The average molecular weight is 352 g/mol. The van der Waals surface area contributed by atoms with Crippen LogP contribution < -0.4 is 15.4 Å². The third-order valence-electron chi connectivity index (χ3n) is 3.87. The zero-order valence-electron chi connectivity index (χ0n) is 15.5. The largest absolute Gasteiger partial charge is 0.496 e. The third kappa shape index (κ3) is 5.48. The number of rotatable bonds is 6. The number of carbonyl (C=O) groups excluding carboxylic acids is 2. The molecule has 0 saturated heterocycles. The number of ether oxygens (including phenoxy) is 1. The van der Waals surface area contributed by atoms with Crippen molar-refractivity contribution in [3.05, 3.63) is 65.2 Å². The van der Waals surface area contributed by atoms with Crippen molar-refractivity contribution < 1.29 is 14.3 Å². The molecule has 0 bridgehead atoms. The van der Waals surface area contributed by atoms with E-state index in [1.165, 1.54) is 13.0 Å². The normalized spacial score (nSPS) is 11.8. The molecule has 1 unspecified atom stereocenters. The summed E-state index contributed by atoms with van der Waals surface area (Å²) in [6.45, 7) is 5.38. The van der Waals surface area contributed by atoms with Crippen LogP contribution in [0.5, 0.6) is 5.75 Å². The number of hydrogen-bond acceptors (Lipinski definition) is 3. The van der Waals surface area contributed by atoms with Crippen LogP contribution in [0.15, 0.2) is 48.5 Å². The van der Waals surface area contributed by atoms with Gasteiger partial charge >= 0.3 is 0 Å². The van der Waals surface area contributed by atoms with Gasteiger partial charge < -0.3 is 15.4 Å². The summed E-state index contributed by atoms with van der Waals surface area (Å²) in [6.07, 6.45) is 3.22. The van der Waals surface area contributed by atoms with Crippen LogP contribution in [0.25, 0.3) is 6.08 Å². The maximum absolute atomic E-state index is 12.2. The Bertz CT molecular complexity index is 811. The van der Waals surface area contributed by atoms with Crippen molar-refractivity contribution in [3.63, 3.8) is 0 Å². The molecular weight excluding hydrogens is 328 g/mol. The Morgan fingerprint density at radius 1 is 1.12 bits per heavy atom. The Morgan fingerprint density at radius 3 is 2.42 bits per heavy atom. The molecule has 0 saturated carbocycles. The summed E-state index contributed by atoms with van der Waals surface area (Å²) in [5, 5.41) is 5.65. The lowest BCUT2D eigenvalue weighted by atomic mass is 10.0. The van der Waals surface area contributed by atoms with E-state index in [0.717, 1.165) is 28.1 Å². The van der Waals surface area contributed by atoms with E-state index in [1.54, 1.807) is 25.3 Å². The number of aryl methyl sites for hydroxylation is 1. The van der Waals surface area contributed by atoms with E-state index in [0.29, 0.717) is 0 Å². The lowest BCUT2D eigenvalue weighted by Gasteiger charge is -2.17. The van der Waals surface area contributed by atoms with E-state index in [1.807, 2.05) is 44.2 Å². The second-order valence-electron chi connectivity index (χ2n) is 6.11. The highest BCUT2D eigenvalue weighted by molar-refractivity contribution is 5.92. The first-order chi connectivity index (χ1) is 12.4. The second-order valence-corrected chi connectivity index (χ2v) is 6.11. The van der Waals surface area contributed by atoms with Gasteiger partial charge in [0, 0.05) is 24.3 Å². The van der Waals surface area contributed by atoms with Crippen LogP contribution in [0.3, 0.4) is 0 Å². The molecule has 2 amide bonds. The molecule has 2 rings (SSSR count). The fourth-order valence-electron chi connectivity index (χ4n) is 2.58. The zero-order valence-corrected chi connectivity index (χ0v) is 15.5. The number of methoxy groups -OCH3 is 1. The van der Waals surface area contributed by atoms with E-state index in [9.17, 15) is 9.59 Å². The Kier molecular flexibility index (Phi) is 6.55. The van der Waals surface area contributed by atoms with Gasteiger partial charge in [0.2, 0.25) is 11.8 Å². The third-order valence-corrected chi connectivity index (χ3v) is 3.87. The molecule has 5 heteroatoms. The summed E-state index contributed by atoms with van der Waals surface area (Å²) in [7, 11) is 1.62. The maximum Gasteiger partial charge on any atom is 0.244 e. The van der Waals surface area contributed by atoms with Crippen LogP contribution in [0.4, 0.5) is 5.69 Å². The minimum absolute atomic E-state index is 0.117. The summed E-state index contributed by atoms with van der Waals surface area (Å²) in [5.41, 5.74) is 3.64. The van der Waals surface area contributed by atoms with E-state index < -0.39 is 0 Å². The molecule has 1 atom stereocenters. The number of hydrogen-bond donors (Lipinski definition) is 2. The number of anilines is 1. The van der Waals surface area contributed by atoms with Gasteiger partial charge in [-0.2, -0.15) is 0 Å². The predicted molar refractivity (Wildman–Crippen MR) is 104 cm³/mol. The van der Waals surface area contributed by atoms with E-state index in [-0.39, 0.29) is 17.9 Å². The first kappa shape index (κ1) is 19.2. The van der Waals surface area contributed by atoms with E-state index >= 15 is 0 Å². The Hall–Kier alpha value is -3.08. The van der Waals surface area contributed by atoms with Crippen LogP contribution in [0.2, 0.25) is 0 Å². The van der Waals surface area contributed by atoms with Gasteiger partial charge in [-0.3, -0.25) is 9.59 Å². The highest BCUT2D eigenvalue weighted by Gasteiger charge is 2.13. The molecule has 2 aromatic carbocycles. The van der Waals surface area contributed by atoms with Gasteiger partial charge in [-0.25, -0.2) is 0 Å². The van der Waals surface area contributed by atoms with Gasteiger partial charge in [0.15, 0.2) is 0 Å². The topological polar surface area (TPSA) is 67.4 Å².